The van der Waals surface area contributed by atoms with E-state index in [0.29, 0.717) is 25.7 Å². The molecular weight excluding hydrogens is 480 g/mol. The average Bonchev–Trinajstić information content (AvgIpc) is 2.99. The summed E-state index contributed by atoms with van der Waals surface area (Å²) >= 11 is 1.74. The van der Waals surface area contributed by atoms with Gasteiger partial charge in [0.2, 0.25) is 0 Å². The Kier molecular flexibility index (Phi) is 10.2. The summed E-state index contributed by atoms with van der Waals surface area (Å²) in [4.78, 5) is 8.82. The van der Waals surface area contributed by atoms with E-state index < -0.39 is 12.6 Å². The molecule has 0 amide bonds. The van der Waals surface area contributed by atoms with Crippen molar-refractivity contribution in [3.05, 3.63) is 21.9 Å². The second kappa shape index (κ2) is 11.3. The van der Waals surface area contributed by atoms with Crippen LogP contribution in [-0.2, 0) is 4.74 Å². The molecule has 1 aromatic heterocycles. The van der Waals surface area contributed by atoms with Gasteiger partial charge in [-0.05, 0) is 19.1 Å². The fraction of sp³-hybridized carbons (Fsp3) is 0.688. The molecule has 2 N–H and O–H groups in total. The Labute approximate surface area is 173 Å². The first-order valence-corrected chi connectivity index (χ1v) is 9.10. The third kappa shape index (κ3) is 7.97. The lowest BCUT2D eigenvalue weighted by Gasteiger charge is -2.34. The maximum absolute atomic E-state index is 12.3. The number of guanidine groups is 1. The Morgan fingerprint density at radius 3 is 2.54 bits per heavy atom. The van der Waals surface area contributed by atoms with E-state index in [4.69, 9.17) is 4.74 Å². The van der Waals surface area contributed by atoms with E-state index in [0.717, 1.165) is 13.1 Å². The first-order valence-electron chi connectivity index (χ1n) is 8.28. The van der Waals surface area contributed by atoms with Gasteiger partial charge < -0.3 is 15.4 Å². The predicted molar refractivity (Wildman–Crippen MR) is 110 cm³/mol. The van der Waals surface area contributed by atoms with Gasteiger partial charge in [-0.3, -0.25) is 9.89 Å². The molecule has 1 saturated heterocycles. The van der Waals surface area contributed by atoms with Crippen LogP contribution >= 0.6 is 35.3 Å². The number of aryl methyl sites for hydroxylation is 1. The zero-order valence-corrected chi connectivity index (χ0v) is 18.1. The highest BCUT2D eigenvalue weighted by molar-refractivity contribution is 14.0. The van der Waals surface area contributed by atoms with Gasteiger partial charge in [-0.1, -0.05) is 0 Å². The number of nitrogens with zero attached hydrogens (tertiary/aromatic N) is 2. The minimum absolute atomic E-state index is 0. The largest absolute Gasteiger partial charge is 0.390 e. The van der Waals surface area contributed by atoms with Gasteiger partial charge in [-0.25, -0.2) is 0 Å². The first kappa shape index (κ1) is 23.4. The number of ether oxygens (including phenoxy) is 1. The summed E-state index contributed by atoms with van der Waals surface area (Å²) < 4.78 is 42.2. The van der Waals surface area contributed by atoms with Crippen LogP contribution in [-0.4, -0.2) is 63.5 Å². The van der Waals surface area contributed by atoms with Gasteiger partial charge >= 0.3 is 6.18 Å². The van der Waals surface area contributed by atoms with Crippen molar-refractivity contribution in [3.8, 4) is 0 Å². The summed E-state index contributed by atoms with van der Waals surface area (Å²) in [7, 11) is 1.56. The number of hydrogen-bond donors (Lipinski definition) is 2. The molecule has 1 fully saturated rings. The standard InChI is InChI=1S/C16H25F3N4OS.HI/c1-12-3-4-14(25-12)13(23-7-9-24-10-8-23)11-22-15(20-2)21-6-5-16(17,18)19;/h3-4,13H,5-11H2,1-2H3,(H2,20,21,22);1H. The van der Waals surface area contributed by atoms with Crippen molar-refractivity contribution in [1.82, 2.24) is 15.5 Å². The molecule has 1 aliphatic rings. The summed E-state index contributed by atoms with van der Waals surface area (Å²) in [6.45, 7) is 5.51. The Morgan fingerprint density at radius 1 is 1.31 bits per heavy atom. The van der Waals surface area contributed by atoms with E-state index in [1.54, 1.807) is 18.4 Å². The van der Waals surface area contributed by atoms with E-state index in [1.807, 2.05) is 0 Å². The van der Waals surface area contributed by atoms with Crippen molar-refractivity contribution in [1.29, 1.82) is 0 Å². The second-order valence-corrected chi connectivity index (χ2v) is 7.18. The fourth-order valence-corrected chi connectivity index (χ4v) is 3.68. The van der Waals surface area contributed by atoms with Crippen LogP contribution in [0, 0.1) is 6.92 Å². The highest BCUT2D eigenvalue weighted by Crippen LogP contribution is 2.27. The van der Waals surface area contributed by atoms with Gasteiger partial charge in [-0.15, -0.1) is 35.3 Å². The van der Waals surface area contributed by atoms with Crippen molar-refractivity contribution in [2.24, 2.45) is 4.99 Å². The average molecular weight is 506 g/mol. The molecule has 0 saturated carbocycles. The number of morpholine rings is 1. The van der Waals surface area contributed by atoms with Crippen LogP contribution < -0.4 is 10.6 Å². The molecule has 5 nitrogen and oxygen atoms in total. The Morgan fingerprint density at radius 2 is 2.00 bits per heavy atom. The number of nitrogens with one attached hydrogen (secondary N) is 2. The van der Waals surface area contributed by atoms with Gasteiger partial charge in [-0.2, -0.15) is 13.2 Å². The molecule has 1 unspecified atom stereocenters. The molecule has 150 valence electrons. The van der Waals surface area contributed by atoms with E-state index >= 15 is 0 Å². The van der Waals surface area contributed by atoms with E-state index in [-0.39, 0.29) is 36.6 Å². The zero-order chi connectivity index (χ0) is 18.3. The van der Waals surface area contributed by atoms with E-state index in [2.05, 4.69) is 39.6 Å². The molecule has 1 aliphatic heterocycles. The number of rotatable bonds is 6. The smallest absolute Gasteiger partial charge is 0.379 e. The van der Waals surface area contributed by atoms with Gasteiger partial charge in [0, 0.05) is 43.0 Å². The molecule has 26 heavy (non-hydrogen) atoms. The quantitative estimate of drug-likeness (QED) is 0.354. The molecule has 10 heteroatoms. The molecule has 0 bridgehead atoms. The Bertz CT molecular complexity index is 562. The Hall–Kier alpha value is -0.590. The maximum atomic E-state index is 12.3. The normalized spacial score (nSPS) is 17.5. The monoisotopic (exact) mass is 506 g/mol. The van der Waals surface area contributed by atoms with Crippen LogP contribution in [0.3, 0.4) is 0 Å². The molecule has 1 atom stereocenters. The molecule has 0 aliphatic carbocycles. The zero-order valence-electron chi connectivity index (χ0n) is 14.9. The third-order valence-corrected chi connectivity index (χ3v) is 5.07. The van der Waals surface area contributed by atoms with Gasteiger partial charge in [0.1, 0.15) is 0 Å². The molecule has 0 aromatic carbocycles. The SMILES string of the molecule is CN=C(NCCC(F)(F)F)NCC(c1ccc(C)s1)N1CCOCC1.I. The number of alkyl halides is 3. The van der Waals surface area contributed by atoms with Crippen LogP contribution in [0.4, 0.5) is 13.2 Å². The van der Waals surface area contributed by atoms with Crippen LogP contribution in [0.15, 0.2) is 17.1 Å². The summed E-state index contributed by atoms with van der Waals surface area (Å²) in [5, 5.41) is 5.88. The van der Waals surface area contributed by atoms with Crippen molar-refractivity contribution >= 4 is 41.3 Å². The van der Waals surface area contributed by atoms with Crippen LogP contribution in [0.25, 0.3) is 0 Å². The minimum atomic E-state index is -4.17. The van der Waals surface area contributed by atoms with Crippen LogP contribution in [0.1, 0.15) is 22.2 Å². The van der Waals surface area contributed by atoms with E-state index in [9.17, 15) is 13.2 Å². The Balaban J connectivity index is 0.00000338. The fourth-order valence-electron chi connectivity index (χ4n) is 2.67. The lowest BCUT2D eigenvalue weighted by Crippen LogP contribution is -2.46. The molecule has 2 heterocycles. The van der Waals surface area contributed by atoms with Crippen molar-refractivity contribution in [2.75, 3.05) is 46.4 Å². The molecule has 1 aromatic rings. The minimum Gasteiger partial charge on any atom is -0.379 e. The molecular formula is C16H26F3IN4OS. The van der Waals surface area contributed by atoms with Crippen molar-refractivity contribution in [2.45, 2.75) is 25.6 Å². The predicted octanol–water partition coefficient (Wildman–Crippen LogP) is 3.17. The van der Waals surface area contributed by atoms with Gasteiger partial charge in [0.05, 0.1) is 25.7 Å². The molecule has 0 spiro atoms. The van der Waals surface area contributed by atoms with Crippen molar-refractivity contribution < 1.29 is 17.9 Å². The number of aliphatic imine (C=N–C) groups is 1. The summed E-state index contributed by atoms with van der Waals surface area (Å²) in [5.74, 6) is 0.385. The highest BCUT2D eigenvalue weighted by atomic mass is 127. The highest BCUT2D eigenvalue weighted by Gasteiger charge is 2.27. The molecule has 2 rings (SSSR count). The van der Waals surface area contributed by atoms with Gasteiger partial charge in [0.25, 0.3) is 0 Å². The number of thiophene rings is 1. The second-order valence-electron chi connectivity index (χ2n) is 5.86. The van der Waals surface area contributed by atoms with Gasteiger partial charge in [0.15, 0.2) is 5.96 Å². The third-order valence-electron chi connectivity index (χ3n) is 3.96. The maximum Gasteiger partial charge on any atom is 0.390 e. The summed E-state index contributed by atoms with van der Waals surface area (Å²) in [6, 6.07) is 4.34. The lowest BCUT2D eigenvalue weighted by molar-refractivity contribution is -0.132. The summed E-state index contributed by atoms with van der Waals surface area (Å²) in [5.41, 5.74) is 0. The lowest BCUT2D eigenvalue weighted by atomic mass is 10.2. The van der Waals surface area contributed by atoms with Crippen molar-refractivity contribution in [3.63, 3.8) is 0 Å². The number of halogens is 4. The number of hydrogen-bond acceptors (Lipinski definition) is 4. The topological polar surface area (TPSA) is 48.9 Å². The van der Waals surface area contributed by atoms with E-state index in [1.165, 1.54) is 9.75 Å². The first-order chi connectivity index (χ1) is 11.9. The van der Waals surface area contributed by atoms with Crippen LogP contribution in [0.2, 0.25) is 0 Å². The summed E-state index contributed by atoms with van der Waals surface area (Å²) in [6.07, 6.45) is -5.05. The molecule has 0 radical (unpaired) electrons. The van der Waals surface area contributed by atoms with Crippen LogP contribution in [0.5, 0.6) is 0 Å².